The Morgan fingerprint density at radius 3 is 2.44 bits per heavy atom. The van der Waals surface area contributed by atoms with Crippen LogP contribution in [0.2, 0.25) is 5.02 Å². The molecule has 2 rings (SSSR count). The quantitative estimate of drug-likeness (QED) is 0.569. The first-order valence-corrected chi connectivity index (χ1v) is 5.75. The van der Waals surface area contributed by atoms with Crippen molar-refractivity contribution in [2.24, 2.45) is 4.99 Å². The molecule has 1 aliphatic carbocycles. The zero-order valence-corrected chi connectivity index (χ0v) is 10.5. The molecule has 1 fully saturated rings. The summed E-state index contributed by atoms with van der Waals surface area (Å²) in [5, 5.41) is 0.785. The van der Waals surface area contributed by atoms with Crippen molar-refractivity contribution in [3.05, 3.63) is 33.3 Å². The third-order valence-corrected chi connectivity index (χ3v) is 3.91. The zero-order chi connectivity index (χ0) is 11.9. The van der Waals surface area contributed by atoms with E-state index in [9.17, 15) is 4.79 Å². The van der Waals surface area contributed by atoms with Gasteiger partial charge in [-0.1, -0.05) is 17.7 Å². The number of hydrogen-bond donors (Lipinski definition) is 0. The van der Waals surface area contributed by atoms with Crippen molar-refractivity contribution in [3.63, 3.8) is 0 Å². The summed E-state index contributed by atoms with van der Waals surface area (Å²) in [5.74, 6) is 0. The fourth-order valence-corrected chi connectivity index (χ4v) is 2.65. The summed E-state index contributed by atoms with van der Waals surface area (Å²) in [6.07, 6.45) is 3.53. The van der Waals surface area contributed by atoms with Gasteiger partial charge in [0, 0.05) is 5.02 Å². The summed E-state index contributed by atoms with van der Waals surface area (Å²) < 4.78 is 0. The lowest BCUT2D eigenvalue weighted by Crippen LogP contribution is -2.08. The van der Waals surface area contributed by atoms with Crippen LogP contribution in [0.15, 0.2) is 11.1 Å². The Labute approximate surface area is 100 Å². The van der Waals surface area contributed by atoms with Gasteiger partial charge < -0.3 is 0 Å². The van der Waals surface area contributed by atoms with E-state index >= 15 is 0 Å². The molecule has 0 spiro atoms. The molecule has 0 saturated heterocycles. The standard InChI is InChI=1S/C13H14ClNO/c1-8-6-9(2)12(14)10(3)11(8)13(4-5-13)15-7-16/h6H,4-5H2,1-3H3. The first-order chi connectivity index (χ1) is 7.52. The van der Waals surface area contributed by atoms with Crippen LogP contribution in [0, 0.1) is 20.8 Å². The summed E-state index contributed by atoms with van der Waals surface area (Å²) in [5.41, 5.74) is 4.08. The highest BCUT2D eigenvalue weighted by molar-refractivity contribution is 6.32. The highest BCUT2D eigenvalue weighted by atomic mass is 35.5. The van der Waals surface area contributed by atoms with Crippen LogP contribution in [0.5, 0.6) is 0 Å². The molecule has 0 aromatic heterocycles. The fraction of sp³-hybridized carbons (Fsp3) is 0.462. The van der Waals surface area contributed by atoms with Crippen LogP contribution in [-0.2, 0) is 10.3 Å². The molecule has 0 N–H and O–H groups in total. The molecule has 0 bridgehead atoms. The van der Waals surface area contributed by atoms with Crippen LogP contribution in [0.1, 0.15) is 35.1 Å². The predicted octanol–water partition coefficient (Wildman–Crippen LogP) is 3.59. The lowest BCUT2D eigenvalue weighted by Gasteiger charge is -2.18. The van der Waals surface area contributed by atoms with E-state index in [-0.39, 0.29) is 5.54 Å². The summed E-state index contributed by atoms with van der Waals surface area (Å²) in [6.45, 7) is 6.04. The van der Waals surface area contributed by atoms with Gasteiger partial charge in [0.15, 0.2) is 0 Å². The summed E-state index contributed by atoms with van der Waals surface area (Å²) >= 11 is 6.25. The average molecular weight is 236 g/mol. The zero-order valence-electron chi connectivity index (χ0n) is 9.72. The van der Waals surface area contributed by atoms with Gasteiger partial charge in [0.2, 0.25) is 6.08 Å². The summed E-state index contributed by atoms with van der Waals surface area (Å²) in [7, 11) is 0. The van der Waals surface area contributed by atoms with E-state index < -0.39 is 0 Å². The highest BCUT2D eigenvalue weighted by Gasteiger charge is 2.47. The molecule has 0 radical (unpaired) electrons. The van der Waals surface area contributed by atoms with Crippen molar-refractivity contribution >= 4 is 17.7 Å². The number of nitrogens with zero attached hydrogens (tertiary/aromatic N) is 1. The minimum absolute atomic E-state index is 0.326. The Morgan fingerprint density at radius 2 is 1.94 bits per heavy atom. The molecule has 0 aliphatic heterocycles. The topological polar surface area (TPSA) is 29.4 Å². The van der Waals surface area contributed by atoms with Crippen LogP contribution in [0.25, 0.3) is 0 Å². The third kappa shape index (κ3) is 1.59. The lowest BCUT2D eigenvalue weighted by molar-refractivity contribution is 0.556. The molecule has 0 unspecified atom stereocenters. The van der Waals surface area contributed by atoms with E-state index in [1.54, 1.807) is 6.08 Å². The van der Waals surface area contributed by atoms with E-state index in [1.807, 2.05) is 20.8 Å². The predicted molar refractivity (Wildman–Crippen MR) is 64.7 cm³/mol. The minimum atomic E-state index is -0.326. The van der Waals surface area contributed by atoms with Crippen molar-refractivity contribution in [1.29, 1.82) is 0 Å². The Hall–Kier alpha value is -1.11. The molecule has 84 valence electrons. The number of carbonyl (C=O) groups excluding carboxylic acids is 1. The molecule has 1 aromatic rings. The number of aryl methyl sites for hydroxylation is 2. The molecule has 0 heterocycles. The van der Waals surface area contributed by atoms with Gasteiger partial charge in [-0.05, 0) is 55.9 Å². The molecule has 1 saturated carbocycles. The summed E-state index contributed by atoms with van der Waals surface area (Å²) in [6, 6.07) is 2.06. The average Bonchev–Trinajstić information content (AvgIpc) is 2.96. The number of isocyanates is 1. The fourth-order valence-electron chi connectivity index (χ4n) is 2.50. The Morgan fingerprint density at radius 1 is 1.31 bits per heavy atom. The van der Waals surface area contributed by atoms with E-state index in [1.165, 1.54) is 0 Å². The van der Waals surface area contributed by atoms with Crippen LogP contribution in [-0.4, -0.2) is 6.08 Å². The van der Waals surface area contributed by atoms with Gasteiger partial charge in [0.05, 0.1) is 5.54 Å². The molecule has 0 atom stereocenters. The van der Waals surface area contributed by atoms with Gasteiger partial charge in [-0.25, -0.2) is 4.79 Å². The van der Waals surface area contributed by atoms with Gasteiger partial charge in [-0.15, -0.1) is 0 Å². The van der Waals surface area contributed by atoms with Crippen molar-refractivity contribution in [2.45, 2.75) is 39.2 Å². The molecule has 1 aliphatic rings. The van der Waals surface area contributed by atoms with Crippen molar-refractivity contribution in [1.82, 2.24) is 0 Å². The van der Waals surface area contributed by atoms with Crippen molar-refractivity contribution in [2.75, 3.05) is 0 Å². The number of benzene rings is 1. The Bertz CT molecular complexity index is 497. The summed E-state index contributed by atoms with van der Waals surface area (Å²) in [4.78, 5) is 14.4. The van der Waals surface area contributed by atoms with Crippen molar-refractivity contribution < 1.29 is 4.79 Å². The Balaban J connectivity index is 2.66. The number of halogens is 1. The SMILES string of the molecule is Cc1cc(C)c(C2(N=C=O)CC2)c(C)c1Cl. The van der Waals surface area contributed by atoms with Crippen LogP contribution < -0.4 is 0 Å². The largest absolute Gasteiger partial charge is 0.235 e. The highest BCUT2D eigenvalue weighted by Crippen LogP contribution is 2.52. The molecular formula is C13H14ClNO. The maximum atomic E-state index is 10.5. The molecule has 16 heavy (non-hydrogen) atoms. The third-order valence-electron chi connectivity index (χ3n) is 3.33. The first-order valence-electron chi connectivity index (χ1n) is 5.37. The second kappa shape index (κ2) is 3.73. The van der Waals surface area contributed by atoms with E-state index in [0.717, 1.165) is 40.1 Å². The Kier molecular flexibility index (Phi) is 2.65. The number of rotatable bonds is 2. The van der Waals surface area contributed by atoms with Gasteiger partial charge in [0.25, 0.3) is 0 Å². The molecule has 1 aromatic carbocycles. The van der Waals surface area contributed by atoms with Gasteiger partial charge >= 0.3 is 0 Å². The van der Waals surface area contributed by atoms with E-state index in [4.69, 9.17) is 11.6 Å². The first kappa shape index (κ1) is 11.4. The second-order valence-electron chi connectivity index (χ2n) is 4.56. The normalized spacial score (nSPS) is 16.8. The maximum absolute atomic E-state index is 10.5. The van der Waals surface area contributed by atoms with Crippen LogP contribution in [0.4, 0.5) is 0 Å². The lowest BCUT2D eigenvalue weighted by atomic mass is 9.92. The molecule has 0 amide bonds. The van der Waals surface area contributed by atoms with E-state index in [0.29, 0.717) is 0 Å². The van der Waals surface area contributed by atoms with E-state index in [2.05, 4.69) is 11.1 Å². The van der Waals surface area contributed by atoms with Crippen molar-refractivity contribution in [3.8, 4) is 0 Å². The number of aliphatic imine (C=N–C) groups is 1. The maximum Gasteiger partial charge on any atom is 0.235 e. The van der Waals surface area contributed by atoms with Crippen LogP contribution in [0.3, 0.4) is 0 Å². The number of hydrogen-bond acceptors (Lipinski definition) is 2. The smallest absolute Gasteiger partial charge is 0.211 e. The minimum Gasteiger partial charge on any atom is -0.211 e. The van der Waals surface area contributed by atoms with Crippen LogP contribution >= 0.6 is 11.6 Å². The molecule has 3 heteroatoms. The second-order valence-corrected chi connectivity index (χ2v) is 4.94. The monoisotopic (exact) mass is 235 g/mol. The van der Waals surface area contributed by atoms with Gasteiger partial charge in [0.1, 0.15) is 0 Å². The van der Waals surface area contributed by atoms with Gasteiger partial charge in [-0.3, -0.25) is 0 Å². The molecular weight excluding hydrogens is 222 g/mol. The molecule has 2 nitrogen and oxygen atoms in total. The van der Waals surface area contributed by atoms with Gasteiger partial charge in [-0.2, -0.15) is 4.99 Å².